The van der Waals surface area contributed by atoms with Gasteiger partial charge in [-0.05, 0) is 34.9 Å². The Hall–Kier alpha value is -1.61. The van der Waals surface area contributed by atoms with E-state index < -0.39 is 5.97 Å². The molecule has 1 aromatic heterocycles. The molecule has 1 N–H and O–H groups in total. The van der Waals surface area contributed by atoms with Gasteiger partial charge in [-0.15, -0.1) is 11.3 Å². The first-order valence-corrected chi connectivity index (χ1v) is 6.94. The summed E-state index contributed by atoms with van der Waals surface area (Å²) in [4.78, 5) is 12.0. The fraction of sp³-hybridized carbons (Fsp3) is 0.267. The van der Waals surface area contributed by atoms with Crippen molar-refractivity contribution in [1.29, 1.82) is 0 Å². The number of aliphatic carboxylic acids is 1. The first kappa shape index (κ1) is 12.8. The number of hydrogen-bond donors (Lipinski definition) is 1. The average Bonchev–Trinajstić information content (AvgIpc) is 2.90. The Bertz CT molecular complexity index is 500. The van der Waals surface area contributed by atoms with Crippen molar-refractivity contribution in [1.82, 2.24) is 0 Å². The number of carboxylic acid groups (broad SMARTS) is 1. The lowest BCUT2D eigenvalue weighted by molar-refractivity contribution is -0.137. The van der Waals surface area contributed by atoms with Crippen LogP contribution in [-0.4, -0.2) is 11.1 Å². The van der Waals surface area contributed by atoms with Crippen molar-refractivity contribution in [2.24, 2.45) is 0 Å². The first-order valence-electron chi connectivity index (χ1n) is 6.06. The average molecular weight is 260 g/mol. The van der Waals surface area contributed by atoms with Crippen LogP contribution in [0.4, 0.5) is 0 Å². The van der Waals surface area contributed by atoms with E-state index in [9.17, 15) is 4.79 Å². The van der Waals surface area contributed by atoms with Crippen molar-refractivity contribution < 1.29 is 9.90 Å². The molecule has 0 fully saturated rings. The van der Waals surface area contributed by atoms with Gasteiger partial charge in [-0.2, -0.15) is 0 Å². The Morgan fingerprint density at radius 3 is 2.50 bits per heavy atom. The topological polar surface area (TPSA) is 37.3 Å². The van der Waals surface area contributed by atoms with E-state index in [1.807, 2.05) is 25.1 Å². The quantitative estimate of drug-likeness (QED) is 0.866. The molecular weight excluding hydrogens is 244 g/mol. The highest BCUT2D eigenvalue weighted by molar-refractivity contribution is 7.13. The van der Waals surface area contributed by atoms with E-state index in [2.05, 4.69) is 23.6 Å². The molecule has 0 spiro atoms. The van der Waals surface area contributed by atoms with Crippen LogP contribution in [0.2, 0.25) is 0 Å². The van der Waals surface area contributed by atoms with E-state index in [4.69, 9.17) is 5.11 Å². The lowest BCUT2D eigenvalue weighted by Gasteiger charge is -2.13. The minimum atomic E-state index is -0.732. The van der Waals surface area contributed by atoms with Crippen LogP contribution in [0.5, 0.6) is 0 Å². The van der Waals surface area contributed by atoms with Crippen LogP contribution < -0.4 is 0 Å². The summed E-state index contributed by atoms with van der Waals surface area (Å²) in [5.41, 5.74) is 2.30. The molecule has 1 aromatic carbocycles. The van der Waals surface area contributed by atoms with Gasteiger partial charge in [0.25, 0.3) is 0 Å². The zero-order chi connectivity index (χ0) is 13.0. The van der Waals surface area contributed by atoms with Crippen LogP contribution in [0.3, 0.4) is 0 Å². The third-order valence-corrected chi connectivity index (χ3v) is 4.02. The molecule has 94 valence electrons. The summed E-state index contributed by atoms with van der Waals surface area (Å²) in [7, 11) is 0. The summed E-state index contributed by atoms with van der Waals surface area (Å²) in [5, 5.41) is 10.9. The molecule has 1 unspecified atom stereocenters. The van der Waals surface area contributed by atoms with Gasteiger partial charge in [0, 0.05) is 4.88 Å². The van der Waals surface area contributed by atoms with Crippen LogP contribution >= 0.6 is 11.3 Å². The van der Waals surface area contributed by atoms with Gasteiger partial charge < -0.3 is 5.11 Å². The Kier molecular flexibility index (Phi) is 4.15. The lowest BCUT2D eigenvalue weighted by atomic mass is 9.92. The summed E-state index contributed by atoms with van der Waals surface area (Å²) in [6.45, 7) is 2.03. The summed E-state index contributed by atoms with van der Waals surface area (Å²) in [5.74, 6) is -0.621. The molecule has 0 aliphatic rings. The number of benzene rings is 1. The van der Waals surface area contributed by atoms with Crippen molar-refractivity contribution in [3.8, 4) is 10.4 Å². The lowest BCUT2D eigenvalue weighted by Crippen LogP contribution is -2.05. The minimum absolute atomic E-state index is 0.111. The second-order valence-corrected chi connectivity index (χ2v) is 5.25. The number of thiophene rings is 1. The van der Waals surface area contributed by atoms with Crippen LogP contribution in [-0.2, 0) is 4.79 Å². The molecule has 0 aliphatic carbocycles. The molecule has 1 atom stereocenters. The van der Waals surface area contributed by atoms with Crippen LogP contribution in [0, 0.1) is 0 Å². The van der Waals surface area contributed by atoms with E-state index in [-0.39, 0.29) is 12.3 Å². The van der Waals surface area contributed by atoms with Crippen molar-refractivity contribution in [2.45, 2.75) is 25.7 Å². The number of carbonyl (C=O) groups is 1. The van der Waals surface area contributed by atoms with Gasteiger partial charge >= 0.3 is 5.97 Å². The third kappa shape index (κ3) is 2.99. The Morgan fingerprint density at radius 2 is 2.00 bits per heavy atom. The molecule has 2 nitrogen and oxygen atoms in total. The van der Waals surface area contributed by atoms with Crippen molar-refractivity contribution in [3.05, 3.63) is 47.3 Å². The fourth-order valence-electron chi connectivity index (χ4n) is 2.07. The molecule has 0 amide bonds. The summed E-state index contributed by atoms with van der Waals surface area (Å²) in [6.07, 6.45) is 1.06. The van der Waals surface area contributed by atoms with E-state index in [0.717, 1.165) is 12.0 Å². The highest BCUT2D eigenvalue weighted by atomic mass is 32.1. The van der Waals surface area contributed by atoms with Gasteiger partial charge in [0.05, 0.1) is 6.42 Å². The normalized spacial score (nSPS) is 12.3. The van der Waals surface area contributed by atoms with Gasteiger partial charge in [-0.3, -0.25) is 4.79 Å². The van der Waals surface area contributed by atoms with Gasteiger partial charge in [0.1, 0.15) is 0 Å². The second-order valence-electron chi connectivity index (χ2n) is 4.30. The molecular formula is C15H16O2S. The molecule has 18 heavy (non-hydrogen) atoms. The minimum Gasteiger partial charge on any atom is -0.481 e. The number of carboxylic acids is 1. The molecule has 0 aliphatic heterocycles. The molecule has 3 heteroatoms. The van der Waals surface area contributed by atoms with Gasteiger partial charge in [0.2, 0.25) is 0 Å². The summed E-state index contributed by atoms with van der Waals surface area (Å²) < 4.78 is 0. The number of hydrogen-bond acceptors (Lipinski definition) is 2. The standard InChI is InChI=1S/C15H16O2S/c1-2-11(10-15(16)17)12-5-7-13(8-6-12)14-4-3-9-18-14/h3-9,11H,2,10H2,1H3,(H,16,17). The molecule has 0 saturated heterocycles. The second kappa shape index (κ2) is 5.83. The third-order valence-electron chi connectivity index (χ3n) is 3.10. The zero-order valence-corrected chi connectivity index (χ0v) is 11.1. The van der Waals surface area contributed by atoms with Gasteiger partial charge in [-0.25, -0.2) is 0 Å². The summed E-state index contributed by atoms with van der Waals surface area (Å²) >= 11 is 1.71. The fourth-order valence-corrected chi connectivity index (χ4v) is 2.80. The van der Waals surface area contributed by atoms with Crippen LogP contribution in [0.15, 0.2) is 41.8 Å². The van der Waals surface area contributed by atoms with Crippen LogP contribution in [0.25, 0.3) is 10.4 Å². The smallest absolute Gasteiger partial charge is 0.303 e. The van der Waals surface area contributed by atoms with Gasteiger partial charge in [0.15, 0.2) is 0 Å². The molecule has 0 bridgehead atoms. The Balaban J connectivity index is 2.18. The van der Waals surface area contributed by atoms with Crippen molar-refractivity contribution in [2.75, 3.05) is 0 Å². The molecule has 0 radical (unpaired) electrons. The molecule has 0 saturated carbocycles. The largest absolute Gasteiger partial charge is 0.481 e. The predicted octanol–water partition coefficient (Wildman–Crippen LogP) is 4.38. The zero-order valence-electron chi connectivity index (χ0n) is 10.3. The van der Waals surface area contributed by atoms with E-state index >= 15 is 0 Å². The summed E-state index contributed by atoms with van der Waals surface area (Å²) in [6, 6.07) is 12.4. The predicted molar refractivity (Wildman–Crippen MR) is 75.0 cm³/mol. The maximum Gasteiger partial charge on any atom is 0.303 e. The van der Waals surface area contributed by atoms with Crippen molar-refractivity contribution in [3.63, 3.8) is 0 Å². The Morgan fingerprint density at radius 1 is 1.28 bits per heavy atom. The highest BCUT2D eigenvalue weighted by Crippen LogP contribution is 2.28. The SMILES string of the molecule is CCC(CC(=O)O)c1ccc(-c2cccs2)cc1. The van der Waals surface area contributed by atoms with E-state index in [1.165, 1.54) is 10.4 Å². The maximum absolute atomic E-state index is 10.8. The highest BCUT2D eigenvalue weighted by Gasteiger charge is 2.13. The monoisotopic (exact) mass is 260 g/mol. The molecule has 2 rings (SSSR count). The first-order chi connectivity index (χ1) is 8.70. The Labute approximate surface area is 111 Å². The maximum atomic E-state index is 10.8. The number of rotatable bonds is 5. The van der Waals surface area contributed by atoms with Crippen molar-refractivity contribution >= 4 is 17.3 Å². The van der Waals surface area contributed by atoms with Crippen LogP contribution in [0.1, 0.15) is 31.2 Å². The van der Waals surface area contributed by atoms with E-state index in [0.29, 0.717) is 0 Å². The molecule has 2 aromatic rings. The molecule has 1 heterocycles. The van der Waals surface area contributed by atoms with Gasteiger partial charge in [-0.1, -0.05) is 37.3 Å². The van der Waals surface area contributed by atoms with E-state index in [1.54, 1.807) is 11.3 Å².